The molecule has 2 saturated carbocycles. The number of amides is 8. The molecule has 2 bridgehead atoms. The minimum atomic E-state index is -2.31. The van der Waals surface area contributed by atoms with Crippen LogP contribution in [0.25, 0.3) is 0 Å². The number of carbonyl (C=O) groups is 12. The number of nitrogens with zero attached hydrogens (tertiary/aromatic N) is 2. The van der Waals surface area contributed by atoms with Crippen LogP contribution in [0.5, 0.6) is 0 Å². The third-order valence-electron chi connectivity index (χ3n) is 20.2. The summed E-state index contributed by atoms with van der Waals surface area (Å²) in [6.07, 6.45) is -12.5. The number of nitrogens with one attached hydrogen (secondary N) is 5. The number of fused-ring (bicyclic) bond motifs is 5. The van der Waals surface area contributed by atoms with Gasteiger partial charge in [-0.15, -0.1) is 0 Å². The Morgan fingerprint density at radius 3 is 1.99 bits per heavy atom. The predicted octanol–water partition coefficient (Wildman–Crippen LogP) is 5.52. The Morgan fingerprint density at radius 1 is 0.800 bits per heavy atom. The summed E-state index contributed by atoms with van der Waals surface area (Å²) in [6.45, 7) is 17.1. The molecule has 7 rings (SSSR count). The second kappa shape index (κ2) is 34.7. The number of alkyl carbamates (subject to hydrolysis) is 1. The fraction of sp³-hybridized carbons (Fsp3) is 0.573. The van der Waals surface area contributed by atoms with Gasteiger partial charge in [0.1, 0.15) is 61.9 Å². The van der Waals surface area contributed by atoms with Gasteiger partial charge in [-0.1, -0.05) is 114 Å². The van der Waals surface area contributed by atoms with Crippen LogP contribution in [-0.2, 0) is 73.3 Å². The van der Waals surface area contributed by atoms with Crippen LogP contribution < -0.4 is 32.3 Å². The number of urea groups is 1. The lowest BCUT2D eigenvalue weighted by atomic mass is 9.42. The van der Waals surface area contributed by atoms with Crippen molar-refractivity contribution in [1.29, 1.82) is 0 Å². The quantitative estimate of drug-likeness (QED) is 0.0130. The number of ether oxygens (including phenoxy) is 7. The van der Waals surface area contributed by atoms with Crippen LogP contribution in [0.4, 0.5) is 24.9 Å². The largest absolute Gasteiger partial charge is 0.455 e. The Bertz CT molecular complexity index is 3710. The van der Waals surface area contributed by atoms with Crippen molar-refractivity contribution in [3.05, 3.63) is 113 Å². The molecule has 13 atom stereocenters. The number of rotatable bonds is 30. The maximum Gasteiger partial charge on any atom is 0.410 e. The topological polar surface area (TPSA) is 423 Å². The summed E-state index contributed by atoms with van der Waals surface area (Å²) in [5, 5.41) is 52.1. The van der Waals surface area contributed by atoms with Crippen molar-refractivity contribution in [2.75, 3.05) is 58.9 Å². The van der Waals surface area contributed by atoms with E-state index in [2.05, 4.69) is 26.6 Å². The number of likely N-dealkylation sites (N-methyl/N-ethyl adjacent to an activating group) is 2. The lowest BCUT2D eigenvalue weighted by Crippen LogP contribution is -2.80. The molecule has 0 spiro atoms. The van der Waals surface area contributed by atoms with Gasteiger partial charge in [0.05, 0.1) is 23.7 Å². The minimum absolute atomic E-state index is 0.0367. The van der Waals surface area contributed by atoms with Crippen molar-refractivity contribution in [3.8, 4) is 0 Å². The molecule has 10 N–H and O–H groups in total. The van der Waals surface area contributed by atoms with Crippen LogP contribution in [0.2, 0.25) is 0 Å². The number of aliphatic hydroxyl groups is 3. The van der Waals surface area contributed by atoms with Crippen LogP contribution in [-0.4, -0.2) is 209 Å². The van der Waals surface area contributed by atoms with Crippen molar-refractivity contribution < 1.29 is 106 Å². The van der Waals surface area contributed by atoms with E-state index in [0.29, 0.717) is 5.56 Å². The highest BCUT2D eigenvalue weighted by Crippen LogP contribution is 2.66. The first-order valence-corrected chi connectivity index (χ1v) is 35.1. The van der Waals surface area contributed by atoms with E-state index in [1.165, 1.54) is 40.1 Å². The highest BCUT2D eigenvalue weighted by Gasteiger charge is 2.77. The van der Waals surface area contributed by atoms with Gasteiger partial charge < -0.3 is 90.6 Å². The zero-order chi connectivity index (χ0) is 77.8. The predicted molar refractivity (Wildman–Crippen MR) is 378 cm³/mol. The van der Waals surface area contributed by atoms with Crippen molar-refractivity contribution >= 4 is 77.0 Å². The molecular weight excluding hydrogens is 1360 g/mol. The van der Waals surface area contributed by atoms with Crippen LogP contribution in [0, 0.1) is 34.5 Å². The molecule has 4 aliphatic rings. The highest BCUT2D eigenvalue weighted by molar-refractivity contribution is 5.99. The summed E-state index contributed by atoms with van der Waals surface area (Å²) in [5.41, 5.74) is -2.38. The van der Waals surface area contributed by atoms with Crippen molar-refractivity contribution in [2.24, 2.45) is 40.2 Å². The second-order valence-corrected chi connectivity index (χ2v) is 29.8. The third kappa shape index (κ3) is 19.6. The molecule has 1 aliphatic heterocycles. The normalized spacial score (nSPS) is 24.2. The number of benzene rings is 3. The van der Waals surface area contributed by atoms with Gasteiger partial charge >= 0.3 is 36.2 Å². The number of ketones is 3. The molecule has 8 amide bonds. The number of esters is 2. The number of aliphatic hydroxyl groups excluding tert-OH is 2. The number of primary amides is 1. The first-order chi connectivity index (χ1) is 49.2. The summed E-state index contributed by atoms with van der Waals surface area (Å²) < 4.78 is 41.1. The first kappa shape index (κ1) is 82.9. The average molecular weight is 1470 g/mol. The van der Waals surface area contributed by atoms with Crippen molar-refractivity contribution in [3.63, 3.8) is 0 Å². The van der Waals surface area contributed by atoms with Crippen molar-refractivity contribution in [2.45, 2.75) is 187 Å². The van der Waals surface area contributed by atoms with E-state index in [-0.39, 0.29) is 98.4 Å². The molecule has 30 heteroatoms. The third-order valence-corrected chi connectivity index (χ3v) is 20.2. The van der Waals surface area contributed by atoms with Gasteiger partial charge in [0.2, 0.25) is 23.8 Å². The number of Topliss-reactive ketones (excluding diaryl/α,β-unsaturated/α-hetero) is 3. The highest BCUT2D eigenvalue weighted by atomic mass is 16.6. The van der Waals surface area contributed by atoms with E-state index in [1.807, 2.05) is 0 Å². The Labute approximate surface area is 610 Å². The fourth-order valence-corrected chi connectivity index (χ4v) is 14.4. The maximum atomic E-state index is 15.5. The number of hydrogen-bond donors (Lipinski definition) is 9. The Balaban J connectivity index is 1.09. The van der Waals surface area contributed by atoms with Gasteiger partial charge in [-0.2, -0.15) is 0 Å². The molecule has 0 radical (unpaired) electrons. The molecule has 105 heavy (non-hydrogen) atoms. The van der Waals surface area contributed by atoms with Gasteiger partial charge in [0, 0.05) is 94.3 Å². The average Bonchev–Trinajstić information content (AvgIpc) is 0.670. The number of anilines is 1. The van der Waals surface area contributed by atoms with Gasteiger partial charge in [0.15, 0.2) is 23.0 Å². The van der Waals surface area contributed by atoms with Gasteiger partial charge in [-0.3, -0.25) is 33.6 Å². The van der Waals surface area contributed by atoms with E-state index in [9.17, 15) is 63.3 Å². The standard InChI is InChI=1S/C75H102N8O22/c1-41(2)52(86)38-99-39-56(88)80-58(42(3)4)65(92)79-50(26-21-31-77-67(76)94)64(91)78-48-29-27-45(28-30-48)37-100-69(96)82(13)32-33-83(14)70(97)103-61(59(47-24-19-16-20-25-47)81-68(95)105-71(7,8)9)66(93)102-53-36-75(98)49(34-51(85)46-22-17-15-18-23-46)62-73(12,63(90)60(89)57(43(53)5)72(75,10)11)54(87)35-55-74(62,40-101-55)104-44(6)84/h15-20,22-25,27-30,41-42,49-50,53-55,58-62,87,89,98H,21,26,31-40H2,1-14H3,(H,78,91)(H,79,92)(H,80,88)(H,81,95)(H3,76,77,94)/t49-,50-,53-,54-,55+,58-,59-,60+,61+,62-,73+,74-,75+/m0/s1. The Morgan fingerprint density at radius 2 is 1.42 bits per heavy atom. The van der Waals surface area contributed by atoms with Crippen LogP contribution in [0.15, 0.2) is 96.1 Å². The Kier molecular flexibility index (Phi) is 27.4. The van der Waals surface area contributed by atoms with E-state index < -0.39 is 179 Å². The summed E-state index contributed by atoms with van der Waals surface area (Å²) in [7, 11) is 2.71. The van der Waals surface area contributed by atoms with Gasteiger partial charge in [-0.05, 0) is 87.8 Å². The van der Waals surface area contributed by atoms with E-state index in [0.717, 1.165) is 16.7 Å². The summed E-state index contributed by atoms with van der Waals surface area (Å²) >= 11 is 0. The zero-order valence-electron chi connectivity index (χ0n) is 62.1. The summed E-state index contributed by atoms with van der Waals surface area (Å²) in [5.74, 6) is -9.32. The number of hydrogen-bond acceptors (Lipinski definition) is 22. The SMILES string of the molecule is CC(=O)O[C@@]12CO[C@@H]1C[C@H](O)[C@@]1(C)C(=O)[C@H](O)C3=C(C)[C@@H](OC(=O)[C@H](OC(=O)N(C)CCN(C)C(=O)OCc4ccc(NC(=O)[C@H](CCCNC(N)=O)NC(=O)[C@@H](NC(=O)COCC(=O)C(C)C)C(C)C)cc4)[C@@H](NC(=O)OC(C)(C)C)c4ccccc4)C[C@@](O)([C@@H](CC(=O)c4ccccc4)[C@H]21)C3(C)C. The molecule has 1 saturated heterocycles. The molecule has 3 aromatic rings. The van der Waals surface area contributed by atoms with Gasteiger partial charge in [0.25, 0.3) is 0 Å². The lowest BCUT2D eigenvalue weighted by Gasteiger charge is -2.68. The second-order valence-electron chi connectivity index (χ2n) is 29.8. The van der Waals surface area contributed by atoms with E-state index in [4.69, 9.17) is 38.9 Å². The fourth-order valence-electron chi connectivity index (χ4n) is 14.4. The zero-order valence-corrected chi connectivity index (χ0v) is 62.1. The number of carbonyl (C=O) groups excluding carboxylic acids is 12. The molecule has 3 fully saturated rings. The molecule has 0 unspecified atom stereocenters. The molecular formula is C75H102N8O22. The summed E-state index contributed by atoms with van der Waals surface area (Å²) in [4.78, 5) is 167. The molecule has 574 valence electrons. The molecule has 3 aliphatic carbocycles. The Hall–Kier alpha value is -9.36. The van der Waals surface area contributed by atoms with E-state index >= 15 is 9.59 Å². The van der Waals surface area contributed by atoms with Crippen LogP contribution in [0.3, 0.4) is 0 Å². The van der Waals surface area contributed by atoms with Crippen LogP contribution >= 0.6 is 0 Å². The smallest absolute Gasteiger partial charge is 0.410 e. The first-order valence-electron chi connectivity index (χ1n) is 35.1. The molecule has 0 aromatic heterocycles. The minimum Gasteiger partial charge on any atom is -0.455 e. The summed E-state index contributed by atoms with van der Waals surface area (Å²) in [6, 6.07) is 17.6. The maximum absolute atomic E-state index is 15.5. The van der Waals surface area contributed by atoms with Crippen molar-refractivity contribution in [1.82, 2.24) is 31.1 Å². The van der Waals surface area contributed by atoms with Gasteiger partial charge in [-0.25, -0.2) is 24.0 Å². The van der Waals surface area contributed by atoms with Crippen LogP contribution in [0.1, 0.15) is 143 Å². The molecule has 3 aromatic carbocycles. The molecule has 1 heterocycles. The number of nitrogens with two attached hydrogens (primary N) is 1. The molecule has 30 nitrogen and oxygen atoms in total. The monoisotopic (exact) mass is 1470 g/mol. The lowest BCUT2D eigenvalue weighted by molar-refractivity contribution is -0.339. The van der Waals surface area contributed by atoms with E-state index in [1.54, 1.807) is 135 Å².